The van der Waals surface area contributed by atoms with E-state index in [4.69, 9.17) is 9.72 Å². The van der Waals surface area contributed by atoms with Crippen molar-refractivity contribution in [3.63, 3.8) is 0 Å². The number of hydrazine groups is 1. The number of para-hydroxylation sites is 1. The molecule has 1 N–H and O–H groups in total. The first-order valence-electron chi connectivity index (χ1n) is 8.03. The molecule has 0 atom stereocenters. The van der Waals surface area contributed by atoms with E-state index in [1.54, 1.807) is 7.11 Å². The van der Waals surface area contributed by atoms with E-state index >= 15 is 0 Å². The Labute approximate surface area is 173 Å². The fraction of sp³-hybridized carbons (Fsp3) is 0.412. The lowest BCUT2D eigenvalue weighted by molar-refractivity contribution is 0.218. The zero-order valence-electron chi connectivity index (χ0n) is 14.9. The molecule has 2 aromatic rings. The van der Waals surface area contributed by atoms with Crippen LogP contribution in [0.15, 0.2) is 36.5 Å². The van der Waals surface area contributed by atoms with Gasteiger partial charge < -0.3 is 10.1 Å². The maximum atomic E-state index is 5.45. The molecule has 2 heterocycles. The second kappa shape index (κ2) is 12.1. The van der Waals surface area contributed by atoms with Gasteiger partial charge in [-0.05, 0) is 25.1 Å². The van der Waals surface area contributed by atoms with Crippen molar-refractivity contribution in [1.29, 1.82) is 0 Å². The highest BCUT2D eigenvalue weighted by molar-refractivity contribution is 5.86. The first-order valence-corrected chi connectivity index (χ1v) is 8.03. The number of nitrogens with zero attached hydrogens (tertiary/aromatic N) is 4. The van der Waals surface area contributed by atoms with Crippen molar-refractivity contribution in [2.75, 3.05) is 44.8 Å². The topological polar surface area (TPSA) is 53.5 Å². The predicted molar refractivity (Wildman–Crippen MR) is 113 cm³/mol. The van der Waals surface area contributed by atoms with Crippen molar-refractivity contribution in [1.82, 2.24) is 20.3 Å². The van der Waals surface area contributed by atoms with E-state index in [0.29, 0.717) is 0 Å². The molecule has 146 valence electrons. The zero-order valence-corrected chi connectivity index (χ0v) is 17.4. The molecule has 0 saturated carbocycles. The van der Waals surface area contributed by atoms with E-state index in [9.17, 15) is 0 Å². The summed E-state index contributed by atoms with van der Waals surface area (Å²) in [5.41, 5.74) is 1.86. The largest absolute Gasteiger partial charge is 0.496 e. The van der Waals surface area contributed by atoms with Gasteiger partial charge in [0.1, 0.15) is 5.75 Å². The minimum atomic E-state index is 0. The molecular formula is C17H26Cl3N5O. The van der Waals surface area contributed by atoms with Crippen LogP contribution in [0.1, 0.15) is 6.92 Å². The van der Waals surface area contributed by atoms with Gasteiger partial charge in [0.2, 0.25) is 5.95 Å². The van der Waals surface area contributed by atoms with E-state index in [0.717, 1.165) is 55.7 Å². The molecule has 1 aromatic heterocycles. The summed E-state index contributed by atoms with van der Waals surface area (Å²) in [6.07, 6.45) is 1.81. The smallest absolute Gasteiger partial charge is 0.240 e. The van der Waals surface area contributed by atoms with Crippen molar-refractivity contribution < 1.29 is 4.74 Å². The van der Waals surface area contributed by atoms with Gasteiger partial charge in [-0.15, -0.1) is 37.2 Å². The van der Waals surface area contributed by atoms with Crippen LogP contribution in [0, 0.1) is 0 Å². The van der Waals surface area contributed by atoms with Gasteiger partial charge in [-0.3, -0.25) is 5.01 Å². The number of benzene rings is 1. The summed E-state index contributed by atoms with van der Waals surface area (Å²) in [4.78, 5) is 9.25. The van der Waals surface area contributed by atoms with Crippen LogP contribution in [-0.2, 0) is 0 Å². The molecule has 0 bridgehead atoms. The number of methoxy groups -OCH3 is 1. The van der Waals surface area contributed by atoms with Crippen LogP contribution in [0.3, 0.4) is 0 Å². The molecule has 1 saturated heterocycles. The highest BCUT2D eigenvalue weighted by Crippen LogP contribution is 2.28. The van der Waals surface area contributed by atoms with E-state index < -0.39 is 0 Å². The fourth-order valence-corrected chi connectivity index (χ4v) is 2.84. The number of ether oxygens (including phenoxy) is 1. The Morgan fingerprint density at radius 2 is 1.81 bits per heavy atom. The molecular weight excluding hydrogens is 397 g/mol. The molecule has 1 aliphatic rings. The maximum Gasteiger partial charge on any atom is 0.240 e. The van der Waals surface area contributed by atoms with Crippen molar-refractivity contribution >= 4 is 43.2 Å². The lowest BCUT2D eigenvalue weighted by atomic mass is 10.1. The average molecular weight is 423 g/mol. The summed E-state index contributed by atoms with van der Waals surface area (Å²) in [6, 6.07) is 9.85. The highest BCUT2D eigenvalue weighted by atomic mass is 35.5. The molecule has 6 nitrogen and oxygen atoms in total. The SMILES string of the molecule is CCN(c1nccc(-c2ccccc2OC)n1)N1CCNCC1.Cl.Cl.Cl. The minimum absolute atomic E-state index is 0. The Balaban J connectivity index is 0.00000208. The number of nitrogens with one attached hydrogen (secondary N) is 1. The monoisotopic (exact) mass is 421 g/mol. The van der Waals surface area contributed by atoms with E-state index in [1.165, 1.54) is 0 Å². The molecule has 0 aliphatic carbocycles. The van der Waals surface area contributed by atoms with Crippen molar-refractivity contribution in [2.45, 2.75) is 6.92 Å². The molecule has 1 aromatic carbocycles. The first kappa shape index (κ1) is 24.7. The molecule has 9 heteroatoms. The quantitative estimate of drug-likeness (QED) is 0.799. The van der Waals surface area contributed by atoms with Crippen LogP contribution in [0.2, 0.25) is 0 Å². The zero-order chi connectivity index (χ0) is 16.1. The van der Waals surface area contributed by atoms with Gasteiger partial charge >= 0.3 is 0 Å². The van der Waals surface area contributed by atoms with Gasteiger partial charge in [-0.25, -0.2) is 15.0 Å². The number of hydrogen-bond acceptors (Lipinski definition) is 6. The predicted octanol–water partition coefficient (Wildman–Crippen LogP) is 3.06. The Bertz CT molecular complexity index is 656. The normalized spacial score (nSPS) is 13.6. The molecule has 0 unspecified atom stereocenters. The molecule has 0 spiro atoms. The van der Waals surface area contributed by atoms with Crippen LogP contribution in [0.25, 0.3) is 11.3 Å². The second-order valence-corrected chi connectivity index (χ2v) is 5.36. The Morgan fingerprint density at radius 3 is 2.46 bits per heavy atom. The standard InChI is InChI=1S/C17H23N5O.3ClH/c1-3-22(21-12-10-18-11-13-21)17-19-9-8-15(20-17)14-6-4-5-7-16(14)23-2;;;/h4-9,18H,3,10-13H2,1-2H3;3*1H. The van der Waals surface area contributed by atoms with Crippen LogP contribution in [0.5, 0.6) is 5.75 Å². The van der Waals surface area contributed by atoms with Crippen LogP contribution < -0.4 is 15.1 Å². The van der Waals surface area contributed by atoms with Crippen LogP contribution >= 0.6 is 37.2 Å². The average Bonchev–Trinajstić information content (AvgIpc) is 2.63. The third-order valence-corrected chi connectivity index (χ3v) is 3.99. The van der Waals surface area contributed by atoms with E-state index in [-0.39, 0.29) is 37.2 Å². The maximum absolute atomic E-state index is 5.45. The van der Waals surface area contributed by atoms with Gasteiger partial charge in [0.05, 0.1) is 12.8 Å². The summed E-state index contributed by atoms with van der Waals surface area (Å²) in [5.74, 6) is 1.56. The summed E-state index contributed by atoms with van der Waals surface area (Å²) >= 11 is 0. The molecule has 26 heavy (non-hydrogen) atoms. The number of aromatic nitrogens is 2. The Morgan fingerprint density at radius 1 is 1.12 bits per heavy atom. The van der Waals surface area contributed by atoms with Crippen LogP contribution in [-0.4, -0.2) is 54.8 Å². The Hall–Kier alpha value is -1.31. The van der Waals surface area contributed by atoms with Crippen molar-refractivity contribution in [3.05, 3.63) is 36.5 Å². The number of halogens is 3. The summed E-state index contributed by atoms with van der Waals surface area (Å²) < 4.78 is 5.45. The molecule has 1 aliphatic heterocycles. The highest BCUT2D eigenvalue weighted by Gasteiger charge is 2.19. The Kier molecular flexibility index (Phi) is 11.5. The van der Waals surface area contributed by atoms with E-state index in [1.807, 2.05) is 36.5 Å². The van der Waals surface area contributed by atoms with Gasteiger partial charge in [0.15, 0.2) is 0 Å². The number of rotatable bonds is 5. The van der Waals surface area contributed by atoms with Gasteiger partial charge in [0, 0.05) is 44.5 Å². The molecule has 1 fully saturated rings. The minimum Gasteiger partial charge on any atom is -0.496 e. The third kappa shape index (κ3) is 5.59. The second-order valence-electron chi connectivity index (χ2n) is 5.36. The number of hydrogen-bond donors (Lipinski definition) is 1. The van der Waals surface area contributed by atoms with E-state index in [2.05, 4.69) is 27.2 Å². The lowest BCUT2D eigenvalue weighted by Gasteiger charge is -2.37. The number of piperazine rings is 1. The first-order chi connectivity index (χ1) is 11.3. The van der Waals surface area contributed by atoms with Gasteiger partial charge in [0.25, 0.3) is 0 Å². The molecule has 3 rings (SSSR count). The third-order valence-electron chi connectivity index (χ3n) is 3.99. The molecule has 0 amide bonds. The van der Waals surface area contributed by atoms with Gasteiger partial charge in [-0.2, -0.15) is 0 Å². The fourth-order valence-electron chi connectivity index (χ4n) is 2.84. The summed E-state index contributed by atoms with van der Waals surface area (Å²) in [5, 5.41) is 7.83. The molecule has 0 radical (unpaired) electrons. The number of anilines is 1. The van der Waals surface area contributed by atoms with Gasteiger partial charge in [-0.1, -0.05) is 12.1 Å². The summed E-state index contributed by atoms with van der Waals surface area (Å²) in [7, 11) is 1.68. The van der Waals surface area contributed by atoms with Crippen molar-refractivity contribution in [2.24, 2.45) is 0 Å². The lowest BCUT2D eigenvalue weighted by Crippen LogP contribution is -2.53. The van der Waals surface area contributed by atoms with Crippen LogP contribution in [0.4, 0.5) is 5.95 Å². The summed E-state index contributed by atoms with van der Waals surface area (Å²) in [6.45, 7) is 6.88. The van der Waals surface area contributed by atoms with Crippen molar-refractivity contribution in [3.8, 4) is 17.0 Å².